The van der Waals surface area contributed by atoms with Crippen molar-refractivity contribution in [2.75, 3.05) is 13.2 Å². The smallest absolute Gasteiger partial charge is 0.323 e. The Bertz CT molecular complexity index is 589. The van der Waals surface area contributed by atoms with Crippen LogP contribution in [-0.4, -0.2) is 41.1 Å². The molecule has 20 heavy (non-hydrogen) atoms. The van der Waals surface area contributed by atoms with Crippen LogP contribution in [0.4, 0.5) is 0 Å². The van der Waals surface area contributed by atoms with Gasteiger partial charge in [-0.05, 0) is 25.0 Å². The molecule has 0 unspecified atom stereocenters. The molecule has 1 aliphatic carbocycles. The molecule has 5 heteroatoms. The Kier molecular flexibility index (Phi) is 3.18. The van der Waals surface area contributed by atoms with E-state index in [2.05, 4.69) is 0 Å². The third-order valence-corrected chi connectivity index (χ3v) is 3.46. The van der Waals surface area contributed by atoms with E-state index in [4.69, 9.17) is 9.84 Å². The molecule has 1 aromatic rings. The first kappa shape index (κ1) is 12.7. The second-order valence-corrected chi connectivity index (χ2v) is 5.05. The Balaban J connectivity index is 1.83. The first-order chi connectivity index (χ1) is 9.65. The Morgan fingerprint density at radius 1 is 1.30 bits per heavy atom. The van der Waals surface area contributed by atoms with Gasteiger partial charge in [0.25, 0.3) is 5.91 Å². The van der Waals surface area contributed by atoms with Gasteiger partial charge in [-0.3, -0.25) is 9.59 Å². The summed E-state index contributed by atoms with van der Waals surface area (Å²) >= 11 is 0. The van der Waals surface area contributed by atoms with Crippen LogP contribution in [0.2, 0.25) is 0 Å². The van der Waals surface area contributed by atoms with Gasteiger partial charge >= 0.3 is 5.97 Å². The molecule has 1 N–H and O–H groups in total. The Morgan fingerprint density at radius 2 is 2.05 bits per heavy atom. The fourth-order valence-corrected chi connectivity index (χ4v) is 2.32. The number of aliphatic carboxylic acids is 1. The molecule has 3 rings (SSSR count). The molecular formula is C15H15NO4. The predicted octanol–water partition coefficient (Wildman–Crippen LogP) is 1.54. The topological polar surface area (TPSA) is 66.8 Å². The maximum atomic E-state index is 12.4. The van der Waals surface area contributed by atoms with E-state index < -0.39 is 5.97 Å². The van der Waals surface area contributed by atoms with Gasteiger partial charge in [-0.25, -0.2) is 0 Å². The van der Waals surface area contributed by atoms with Crippen molar-refractivity contribution in [3.8, 4) is 5.75 Å². The summed E-state index contributed by atoms with van der Waals surface area (Å²) in [5, 5.41) is 8.92. The highest BCUT2D eigenvalue weighted by atomic mass is 16.5. The average molecular weight is 273 g/mol. The third-order valence-electron chi connectivity index (χ3n) is 3.46. The van der Waals surface area contributed by atoms with Crippen molar-refractivity contribution < 1.29 is 19.4 Å². The fourth-order valence-electron chi connectivity index (χ4n) is 2.32. The number of hydrogen-bond acceptors (Lipinski definition) is 3. The number of rotatable bonds is 4. The second-order valence-electron chi connectivity index (χ2n) is 5.05. The average Bonchev–Trinajstić information content (AvgIpc) is 3.28. The molecule has 0 bridgehead atoms. The SMILES string of the molecule is O=C(O)CN(C(=O)C1=Cc2ccccc2OC1)C1CC1. The van der Waals surface area contributed by atoms with Crippen molar-refractivity contribution in [2.45, 2.75) is 18.9 Å². The number of carboxylic acids is 1. The molecule has 1 heterocycles. The maximum Gasteiger partial charge on any atom is 0.323 e. The molecule has 0 radical (unpaired) electrons. The normalized spacial score (nSPS) is 16.7. The number of carbonyl (C=O) groups excluding carboxylic acids is 1. The number of carboxylic acid groups (broad SMARTS) is 1. The number of para-hydroxylation sites is 1. The summed E-state index contributed by atoms with van der Waals surface area (Å²) in [6.07, 6.45) is 3.55. The Labute approximate surface area is 116 Å². The number of carbonyl (C=O) groups is 2. The van der Waals surface area contributed by atoms with Crippen molar-refractivity contribution in [3.05, 3.63) is 35.4 Å². The number of ether oxygens (including phenoxy) is 1. The van der Waals surface area contributed by atoms with Gasteiger partial charge in [0.15, 0.2) is 0 Å². The fraction of sp³-hybridized carbons (Fsp3) is 0.333. The number of nitrogens with zero attached hydrogens (tertiary/aromatic N) is 1. The van der Waals surface area contributed by atoms with E-state index in [0.29, 0.717) is 5.57 Å². The van der Waals surface area contributed by atoms with Gasteiger partial charge in [0, 0.05) is 11.6 Å². The van der Waals surface area contributed by atoms with E-state index in [1.54, 1.807) is 6.08 Å². The van der Waals surface area contributed by atoms with Crippen LogP contribution in [0.15, 0.2) is 29.8 Å². The molecular weight excluding hydrogens is 258 g/mol. The monoisotopic (exact) mass is 273 g/mol. The minimum atomic E-state index is -0.983. The molecule has 0 spiro atoms. The van der Waals surface area contributed by atoms with E-state index in [-0.39, 0.29) is 25.1 Å². The molecule has 0 saturated heterocycles. The molecule has 1 aromatic carbocycles. The summed E-state index contributed by atoms with van der Waals surface area (Å²) in [4.78, 5) is 24.8. The standard InChI is InChI=1S/C15H15NO4/c17-14(18)8-16(12-5-6-12)15(19)11-7-10-3-1-2-4-13(10)20-9-11/h1-4,7,12H,5-6,8-9H2,(H,17,18). The van der Waals surface area contributed by atoms with E-state index in [1.165, 1.54) is 4.90 Å². The Hall–Kier alpha value is -2.30. The van der Waals surface area contributed by atoms with Gasteiger partial charge in [-0.2, -0.15) is 0 Å². The minimum Gasteiger partial charge on any atom is -0.488 e. The molecule has 1 aliphatic heterocycles. The highest BCUT2D eigenvalue weighted by Crippen LogP contribution is 2.31. The summed E-state index contributed by atoms with van der Waals surface area (Å²) in [6, 6.07) is 7.54. The zero-order valence-electron chi connectivity index (χ0n) is 10.9. The molecule has 104 valence electrons. The first-order valence-electron chi connectivity index (χ1n) is 6.60. The van der Waals surface area contributed by atoms with Crippen LogP contribution in [0.1, 0.15) is 18.4 Å². The van der Waals surface area contributed by atoms with E-state index in [9.17, 15) is 9.59 Å². The second kappa shape index (κ2) is 5.00. The van der Waals surface area contributed by atoms with Crippen molar-refractivity contribution in [2.24, 2.45) is 0 Å². The van der Waals surface area contributed by atoms with Gasteiger partial charge in [0.2, 0.25) is 0 Å². The van der Waals surface area contributed by atoms with Crippen LogP contribution in [0.3, 0.4) is 0 Å². The lowest BCUT2D eigenvalue weighted by molar-refractivity contribution is -0.143. The predicted molar refractivity (Wildman–Crippen MR) is 72.3 cm³/mol. The summed E-state index contributed by atoms with van der Waals surface area (Å²) in [5.74, 6) is -0.465. The van der Waals surface area contributed by atoms with Gasteiger partial charge in [-0.15, -0.1) is 0 Å². The first-order valence-corrected chi connectivity index (χ1v) is 6.60. The largest absolute Gasteiger partial charge is 0.488 e. The summed E-state index contributed by atoms with van der Waals surface area (Å²) in [6.45, 7) is -0.0544. The lowest BCUT2D eigenvalue weighted by Crippen LogP contribution is -2.39. The number of hydrogen-bond donors (Lipinski definition) is 1. The molecule has 5 nitrogen and oxygen atoms in total. The highest BCUT2D eigenvalue weighted by Gasteiger charge is 2.35. The molecule has 1 fully saturated rings. The van der Waals surface area contributed by atoms with Crippen LogP contribution < -0.4 is 4.74 Å². The van der Waals surface area contributed by atoms with Crippen molar-refractivity contribution in [1.82, 2.24) is 4.90 Å². The summed E-state index contributed by atoms with van der Waals surface area (Å²) in [5.41, 5.74) is 1.37. The maximum absolute atomic E-state index is 12.4. The summed E-state index contributed by atoms with van der Waals surface area (Å²) < 4.78 is 5.55. The zero-order valence-corrected chi connectivity index (χ0v) is 10.9. The number of amides is 1. The van der Waals surface area contributed by atoms with Crippen molar-refractivity contribution in [3.63, 3.8) is 0 Å². The lowest BCUT2D eigenvalue weighted by Gasteiger charge is -2.24. The van der Waals surface area contributed by atoms with Crippen LogP contribution >= 0.6 is 0 Å². The molecule has 1 amide bonds. The van der Waals surface area contributed by atoms with Gasteiger partial charge in [-0.1, -0.05) is 18.2 Å². The van der Waals surface area contributed by atoms with E-state index in [1.807, 2.05) is 24.3 Å². The van der Waals surface area contributed by atoms with E-state index in [0.717, 1.165) is 24.2 Å². The van der Waals surface area contributed by atoms with Crippen molar-refractivity contribution >= 4 is 18.0 Å². The van der Waals surface area contributed by atoms with E-state index >= 15 is 0 Å². The number of fused-ring (bicyclic) bond motifs is 1. The Morgan fingerprint density at radius 3 is 2.75 bits per heavy atom. The molecule has 2 aliphatic rings. The number of benzene rings is 1. The highest BCUT2D eigenvalue weighted by molar-refractivity contribution is 6.00. The quantitative estimate of drug-likeness (QED) is 0.903. The summed E-state index contributed by atoms with van der Waals surface area (Å²) in [7, 11) is 0. The zero-order chi connectivity index (χ0) is 14.1. The van der Waals surface area contributed by atoms with Crippen LogP contribution in [0.25, 0.3) is 6.08 Å². The van der Waals surface area contributed by atoms with Gasteiger partial charge in [0.1, 0.15) is 18.9 Å². The molecule has 0 aromatic heterocycles. The van der Waals surface area contributed by atoms with Gasteiger partial charge in [0.05, 0.1) is 5.57 Å². The van der Waals surface area contributed by atoms with Crippen molar-refractivity contribution in [1.29, 1.82) is 0 Å². The van der Waals surface area contributed by atoms with Crippen LogP contribution in [-0.2, 0) is 9.59 Å². The van der Waals surface area contributed by atoms with Gasteiger partial charge < -0.3 is 14.7 Å². The lowest BCUT2D eigenvalue weighted by atomic mass is 10.1. The third kappa shape index (κ3) is 2.52. The molecule has 1 saturated carbocycles. The van der Waals surface area contributed by atoms with Crippen LogP contribution in [0, 0.1) is 0 Å². The molecule has 0 atom stereocenters. The minimum absolute atomic E-state index is 0.0664. The van der Waals surface area contributed by atoms with Crippen LogP contribution in [0.5, 0.6) is 5.75 Å².